The molecule has 4 nitrogen and oxygen atoms in total. The summed E-state index contributed by atoms with van der Waals surface area (Å²) in [5.41, 5.74) is 1.07. The van der Waals surface area contributed by atoms with Crippen molar-refractivity contribution in [1.29, 1.82) is 5.26 Å². The van der Waals surface area contributed by atoms with Crippen LogP contribution >= 0.6 is 0 Å². The summed E-state index contributed by atoms with van der Waals surface area (Å²) in [5.74, 6) is 0. The van der Waals surface area contributed by atoms with Crippen LogP contribution in [0.4, 0.5) is 4.79 Å². The normalized spacial score (nSPS) is 12.0. The highest BCUT2D eigenvalue weighted by Crippen LogP contribution is 2.36. The topological polar surface area (TPSA) is 64.9 Å². The predicted octanol–water partition coefficient (Wildman–Crippen LogP) is 4.37. The Morgan fingerprint density at radius 3 is 2.08 bits per heavy atom. The molecular formula is C22H27N3O. The lowest BCUT2D eigenvalue weighted by atomic mass is 9.71. The molecule has 0 radical (unpaired) electrons. The first-order valence-electron chi connectivity index (χ1n) is 9.19. The van der Waals surface area contributed by atoms with E-state index >= 15 is 0 Å². The Bertz CT molecular complexity index is 683. The summed E-state index contributed by atoms with van der Waals surface area (Å²) in [6.45, 7) is 4.69. The number of carbonyl (C=O) groups excluding carboxylic acids is 1. The van der Waals surface area contributed by atoms with Crippen LogP contribution in [-0.4, -0.2) is 18.6 Å². The number of hydrogen-bond donors (Lipinski definition) is 2. The Hall–Kier alpha value is -2.80. The van der Waals surface area contributed by atoms with Crippen molar-refractivity contribution in [3.63, 3.8) is 0 Å². The van der Waals surface area contributed by atoms with Crippen LogP contribution in [0.3, 0.4) is 0 Å². The van der Waals surface area contributed by atoms with Crippen LogP contribution in [-0.2, 0) is 5.41 Å². The maximum absolute atomic E-state index is 12.1. The first-order valence-corrected chi connectivity index (χ1v) is 9.19. The second kappa shape index (κ2) is 9.62. The Kier molecular flexibility index (Phi) is 7.23. The number of hydrogen-bond acceptors (Lipinski definition) is 2. The van der Waals surface area contributed by atoms with E-state index < -0.39 is 5.41 Å². The number of carbonyl (C=O) groups is 1. The molecule has 0 aromatic heterocycles. The Labute approximate surface area is 156 Å². The number of nitriles is 1. The van der Waals surface area contributed by atoms with Gasteiger partial charge in [-0.3, -0.25) is 0 Å². The maximum atomic E-state index is 12.1. The van der Waals surface area contributed by atoms with Crippen molar-refractivity contribution in [3.8, 4) is 6.07 Å². The zero-order valence-corrected chi connectivity index (χ0v) is 15.5. The summed E-state index contributed by atoms with van der Waals surface area (Å²) < 4.78 is 0. The summed E-state index contributed by atoms with van der Waals surface area (Å²) in [6.07, 6.45) is 2.49. The Morgan fingerprint density at radius 1 is 1.08 bits per heavy atom. The van der Waals surface area contributed by atoms with Gasteiger partial charge in [-0.05, 0) is 30.9 Å². The number of rotatable bonds is 8. The smallest absolute Gasteiger partial charge is 0.314 e. The minimum Gasteiger partial charge on any atom is -0.338 e. The molecular weight excluding hydrogens is 322 g/mol. The fraction of sp³-hybridized carbons (Fsp3) is 0.364. The molecule has 4 heteroatoms. The first kappa shape index (κ1) is 19.5. The fourth-order valence-electron chi connectivity index (χ4n) is 3.19. The van der Waals surface area contributed by atoms with Crippen LogP contribution in [0.5, 0.6) is 0 Å². The monoisotopic (exact) mass is 349 g/mol. The van der Waals surface area contributed by atoms with E-state index in [1.807, 2.05) is 67.6 Å². The Balaban J connectivity index is 2.23. The molecule has 0 heterocycles. The van der Waals surface area contributed by atoms with Crippen LogP contribution in [0.2, 0.25) is 0 Å². The van der Waals surface area contributed by atoms with Crippen molar-refractivity contribution in [2.24, 2.45) is 0 Å². The fourth-order valence-corrected chi connectivity index (χ4v) is 3.19. The van der Waals surface area contributed by atoms with Gasteiger partial charge in [0.2, 0.25) is 0 Å². The number of unbranched alkanes of at least 4 members (excludes halogenated alkanes) is 1. The van der Waals surface area contributed by atoms with Crippen molar-refractivity contribution < 1.29 is 4.79 Å². The van der Waals surface area contributed by atoms with Crippen LogP contribution in [0.25, 0.3) is 0 Å². The molecule has 1 atom stereocenters. The number of amides is 2. The van der Waals surface area contributed by atoms with Gasteiger partial charge in [-0.2, -0.15) is 5.26 Å². The molecule has 2 aromatic carbocycles. The SMILES string of the molecule is CCCCNC(=O)NC(C)CC(C#N)(c1ccccc1)c1ccccc1. The van der Waals surface area contributed by atoms with E-state index in [0.717, 1.165) is 24.0 Å². The molecule has 0 saturated heterocycles. The van der Waals surface area contributed by atoms with Gasteiger partial charge in [0.25, 0.3) is 0 Å². The third-order valence-corrected chi connectivity index (χ3v) is 4.53. The van der Waals surface area contributed by atoms with Gasteiger partial charge in [0.1, 0.15) is 5.41 Å². The molecule has 136 valence electrons. The summed E-state index contributed by atoms with van der Waals surface area (Å²) in [5, 5.41) is 16.0. The molecule has 0 spiro atoms. The molecule has 2 rings (SSSR count). The second-order valence-electron chi connectivity index (χ2n) is 6.61. The number of nitrogens with zero attached hydrogens (tertiary/aromatic N) is 1. The molecule has 26 heavy (non-hydrogen) atoms. The van der Waals surface area contributed by atoms with Gasteiger partial charge in [-0.25, -0.2) is 4.79 Å². The largest absolute Gasteiger partial charge is 0.338 e. The summed E-state index contributed by atoms with van der Waals surface area (Å²) in [7, 11) is 0. The van der Waals surface area contributed by atoms with Crippen molar-refractivity contribution in [3.05, 3.63) is 71.8 Å². The first-order chi connectivity index (χ1) is 12.6. The van der Waals surface area contributed by atoms with Crippen molar-refractivity contribution in [2.45, 2.75) is 44.6 Å². The summed E-state index contributed by atoms with van der Waals surface area (Å²) >= 11 is 0. The van der Waals surface area contributed by atoms with Gasteiger partial charge >= 0.3 is 6.03 Å². The average Bonchev–Trinajstić information content (AvgIpc) is 2.67. The average molecular weight is 349 g/mol. The lowest BCUT2D eigenvalue weighted by Crippen LogP contribution is -2.44. The maximum Gasteiger partial charge on any atom is 0.314 e. The van der Waals surface area contributed by atoms with Crippen LogP contribution < -0.4 is 10.6 Å². The number of benzene rings is 2. The minimum atomic E-state index is -0.807. The van der Waals surface area contributed by atoms with E-state index in [2.05, 4.69) is 23.6 Å². The van der Waals surface area contributed by atoms with Crippen LogP contribution in [0, 0.1) is 11.3 Å². The van der Waals surface area contributed by atoms with E-state index in [1.165, 1.54) is 0 Å². The highest BCUT2D eigenvalue weighted by Gasteiger charge is 2.36. The highest BCUT2D eigenvalue weighted by molar-refractivity contribution is 5.74. The van der Waals surface area contributed by atoms with Gasteiger partial charge < -0.3 is 10.6 Å². The van der Waals surface area contributed by atoms with Gasteiger partial charge in [-0.1, -0.05) is 74.0 Å². The van der Waals surface area contributed by atoms with Crippen LogP contribution in [0.1, 0.15) is 44.2 Å². The molecule has 0 bridgehead atoms. The van der Waals surface area contributed by atoms with Gasteiger partial charge in [-0.15, -0.1) is 0 Å². The lowest BCUT2D eigenvalue weighted by molar-refractivity contribution is 0.236. The van der Waals surface area contributed by atoms with E-state index in [1.54, 1.807) is 0 Å². The van der Waals surface area contributed by atoms with Gasteiger partial charge in [0.15, 0.2) is 0 Å². The third kappa shape index (κ3) is 4.86. The molecule has 0 aliphatic rings. The lowest BCUT2D eigenvalue weighted by Gasteiger charge is -2.31. The predicted molar refractivity (Wildman–Crippen MR) is 105 cm³/mol. The van der Waals surface area contributed by atoms with Crippen molar-refractivity contribution in [1.82, 2.24) is 10.6 Å². The highest BCUT2D eigenvalue weighted by atomic mass is 16.2. The second-order valence-corrected chi connectivity index (χ2v) is 6.61. The number of nitrogens with one attached hydrogen (secondary N) is 2. The molecule has 0 aliphatic carbocycles. The third-order valence-electron chi connectivity index (χ3n) is 4.53. The van der Waals surface area contributed by atoms with E-state index in [-0.39, 0.29) is 12.1 Å². The van der Waals surface area contributed by atoms with Crippen LogP contribution in [0.15, 0.2) is 60.7 Å². The molecule has 1 unspecified atom stereocenters. The van der Waals surface area contributed by atoms with E-state index in [4.69, 9.17) is 0 Å². The molecule has 2 amide bonds. The number of urea groups is 1. The molecule has 0 aliphatic heterocycles. The quantitative estimate of drug-likeness (QED) is 0.695. The summed E-state index contributed by atoms with van der Waals surface area (Å²) in [4.78, 5) is 12.1. The minimum absolute atomic E-state index is 0.156. The Morgan fingerprint density at radius 2 is 1.62 bits per heavy atom. The van der Waals surface area contributed by atoms with Gasteiger partial charge in [0, 0.05) is 12.6 Å². The zero-order valence-electron chi connectivity index (χ0n) is 15.5. The van der Waals surface area contributed by atoms with Crippen molar-refractivity contribution >= 4 is 6.03 Å². The van der Waals surface area contributed by atoms with Crippen molar-refractivity contribution in [2.75, 3.05) is 6.54 Å². The van der Waals surface area contributed by atoms with E-state index in [0.29, 0.717) is 13.0 Å². The van der Waals surface area contributed by atoms with E-state index in [9.17, 15) is 10.1 Å². The molecule has 2 aromatic rings. The standard InChI is InChI=1S/C22H27N3O/c1-3-4-15-24-21(26)25-18(2)16-22(17-23,19-11-7-5-8-12-19)20-13-9-6-10-14-20/h5-14,18H,3-4,15-16H2,1-2H3,(H2,24,25,26). The molecule has 0 saturated carbocycles. The zero-order chi connectivity index (χ0) is 18.8. The summed E-state index contributed by atoms with van der Waals surface area (Å²) in [6, 6.07) is 21.8. The van der Waals surface area contributed by atoms with Gasteiger partial charge in [0.05, 0.1) is 6.07 Å². The molecule has 0 fully saturated rings. The molecule has 2 N–H and O–H groups in total.